The summed E-state index contributed by atoms with van der Waals surface area (Å²) in [6.45, 7) is 11.1. The van der Waals surface area contributed by atoms with Crippen molar-refractivity contribution in [1.29, 1.82) is 0 Å². The van der Waals surface area contributed by atoms with Crippen LogP contribution in [0.4, 0.5) is 9.59 Å². The lowest BCUT2D eigenvalue weighted by molar-refractivity contribution is -0.0664. The van der Waals surface area contributed by atoms with E-state index < -0.39 is 28.6 Å². The van der Waals surface area contributed by atoms with Gasteiger partial charge in [0.25, 0.3) is 0 Å². The zero-order chi connectivity index (χ0) is 28.8. The maximum atomic E-state index is 12.4. The van der Waals surface area contributed by atoms with E-state index in [1.807, 2.05) is 84.0 Å². The number of carbonyl (C=O) groups is 2. The molecule has 8 heteroatoms. The number of hydrogen-bond donors (Lipinski definition) is 3. The standard InChI is InChI=1S/C31H33N3O5/c1-29(2,3)31(30(4,5)6,34(27(36)37)28(38)39)21-17-15-20(16-18-21)24-25(19-11-8-7-9-12-19)33-26-22(32-24)13-10-14-23(26)35/h7-18,35H,1-6H3,(H,36,37)(H,38,39). The Morgan fingerprint density at radius 1 is 0.667 bits per heavy atom. The van der Waals surface area contributed by atoms with Crippen LogP contribution in [-0.2, 0) is 5.54 Å². The van der Waals surface area contributed by atoms with Crippen LogP contribution < -0.4 is 0 Å². The largest absolute Gasteiger partial charge is 0.506 e. The van der Waals surface area contributed by atoms with E-state index in [2.05, 4.69) is 0 Å². The van der Waals surface area contributed by atoms with Crippen molar-refractivity contribution in [1.82, 2.24) is 14.9 Å². The average molecular weight is 528 g/mol. The highest BCUT2D eigenvalue weighted by Crippen LogP contribution is 2.55. The van der Waals surface area contributed by atoms with Crippen molar-refractivity contribution >= 4 is 23.2 Å². The van der Waals surface area contributed by atoms with E-state index in [9.17, 15) is 24.9 Å². The van der Waals surface area contributed by atoms with E-state index in [0.29, 0.717) is 38.4 Å². The van der Waals surface area contributed by atoms with Gasteiger partial charge in [-0.3, -0.25) is 0 Å². The topological polar surface area (TPSA) is 124 Å². The van der Waals surface area contributed by atoms with Gasteiger partial charge in [-0.2, -0.15) is 0 Å². The summed E-state index contributed by atoms with van der Waals surface area (Å²) in [4.78, 5) is 35.0. The Kier molecular flexibility index (Phi) is 6.85. The van der Waals surface area contributed by atoms with E-state index in [1.54, 1.807) is 30.3 Å². The molecule has 202 valence electrons. The summed E-state index contributed by atoms with van der Waals surface area (Å²) in [5.74, 6) is 0.0293. The predicted molar refractivity (Wildman–Crippen MR) is 151 cm³/mol. The summed E-state index contributed by atoms with van der Waals surface area (Å²) in [5, 5.41) is 30.6. The second-order valence-corrected chi connectivity index (χ2v) is 11.6. The molecule has 0 saturated carbocycles. The van der Waals surface area contributed by atoms with E-state index in [1.165, 1.54) is 0 Å². The number of para-hydroxylation sites is 1. The Morgan fingerprint density at radius 2 is 1.18 bits per heavy atom. The molecule has 4 rings (SSSR count). The fraction of sp³-hybridized carbons (Fsp3) is 0.290. The maximum Gasteiger partial charge on any atom is 0.417 e. The van der Waals surface area contributed by atoms with Gasteiger partial charge in [-0.15, -0.1) is 0 Å². The first-order valence-corrected chi connectivity index (χ1v) is 12.6. The summed E-state index contributed by atoms with van der Waals surface area (Å²) in [6.07, 6.45) is -3.08. The lowest BCUT2D eigenvalue weighted by Gasteiger charge is -2.56. The molecule has 0 aliphatic rings. The molecule has 3 aromatic carbocycles. The molecule has 0 spiro atoms. The highest BCUT2D eigenvalue weighted by Gasteiger charge is 2.60. The smallest absolute Gasteiger partial charge is 0.417 e. The predicted octanol–water partition coefficient (Wildman–Crippen LogP) is 7.61. The molecule has 0 aliphatic carbocycles. The van der Waals surface area contributed by atoms with Crippen LogP contribution >= 0.6 is 0 Å². The number of aromatic nitrogens is 2. The minimum atomic E-state index is -1.54. The van der Waals surface area contributed by atoms with Crippen molar-refractivity contribution in [3.63, 3.8) is 0 Å². The minimum absolute atomic E-state index is 0.0293. The van der Waals surface area contributed by atoms with Gasteiger partial charge in [0.15, 0.2) is 0 Å². The van der Waals surface area contributed by atoms with Crippen LogP contribution in [0.5, 0.6) is 5.75 Å². The van der Waals surface area contributed by atoms with Crippen molar-refractivity contribution in [3.05, 3.63) is 78.4 Å². The van der Waals surface area contributed by atoms with Gasteiger partial charge >= 0.3 is 12.2 Å². The minimum Gasteiger partial charge on any atom is -0.506 e. The third-order valence-corrected chi connectivity index (χ3v) is 7.19. The van der Waals surface area contributed by atoms with Crippen LogP contribution in [0.25, 0.3) is 33.5 Å². The normalized spacial score (nSPS) is 12.4. The van der Waals surface area contributed by atoms with Crippen LogP contribution in [0.15, 0.2) is 72.8 Å². The first-order chi connectivity index (χ1) is 18.2. The molecule has 0 atom stereocenters. The second-order valence-electron chi connectivity index (χ2n) is 11.6. The quantitative estimate of drug-likeness (QED) is 0.249. The van der Waals surface area contributed by atoms with Gasteiger partial charge in [-0.05, 0) is 28.5 Å². The molecule has 4 aromatic rings. The summed E-state index contributed by atoms with van der Waals surface area (Å²) in [5.41, 5.74) is 1.09. The van der Waals surface area contributed by atoms with Crippen LogP contribution in [0.2, 0.25) is 0 Å². The van der Waals surface area contributed by atoms with Crippen molar-refractivity contribution in [3.8, 4) is 28.3 Å². The Morgan fingerprint density at radius 3 is 1.69 bits per heavy atom. The molecule has 8 nitrogen and oxygen atoms in total. The number of carboxylic acid groups (broad SMARTS) is 2. The van der Waals surface area contributed by atoms with Gasteiger partial charge in [-0.1, -0.05) is 102 Å². The van der Waals surface area contributed by atoms with E-state index in [-0.39, 0.29) is 5.75 Å². The summed E-state index contributed by atoms with van der Waals surface area (Å²) in [6, 6.07) is 21.7. The molecule has 0 bridgehead atoms. The van der Waals surface area contributed by atoms with Crippen molar-refractivity contribution in [2.24, 2.45) is 10.8 Å². The van der Waals surface area contributed by atoms with Gasteiger partial charge in [0.1, 0.15) is 11.3 Å². The SMILES string of the molecule is CC(C)(C)C(c1ccc(-c2nc3cccc(O)c3nc2-c2ccccc2)cc1)(N(C(=O)O)C(=O)O)C(C)(C)C. The van der Waals surface area contributed by atoms with Crippen LogP contribution in [0, 0.1) is 10.8 Å². The summed E-state index contributed by atoms with van der Waals surface area (Å²) >= 11 is 0. The van der Waals surface area contributed by atoms with Crippen LogP contribution in [0.1, 0.15) is 47.1 Å². The molecule has 0 aliphatic heterocycles. The summed E-state index contributed by atoms with van der Waals surface area (Å²) < 4.78 is 0. The fourth-order valence-electron chi connectivity index (χ4n) is 6.09. The Bertz CT molecular complexity index is 1510. The number of rotatable bonds is 4. The highest BCUT2D eigenvalue weighted by molar-refractivity contribution is 5.89. The zero-order valence-corrected chi connectivity index (χ0v) is 22.9. The van der Waals surface area contributed by atoms with Crippen molar-refractivity contribution < 1.29 is 24.9 Å². The third kappa shape index (κ3) is 4.56. The number of fused-ring (bicyclic) bond motifs is 1. The molecule has 2 amide bonds. The van der Waals surface area contributed by atoms with Crippen molar-refractivity contribution in [2.45, 2.75) is 47.1 Å². The van der Waals surface area contributed by atoms with Crippen molar-refractivity contribution in [2.75, 3.05) is 0 Å². The molecule has 0 saturated heterocycles. The molecule has 39 heavy (non-hydrogen) atoms. The van der Waals surface area contributed by atoms with Gasteiger partial charge in [0.2, 0.25) is 0 Å². The molecule has 0 fully saturated rings. The molecule has 1 heterocycles. The monoisotopic (exact) mass is 527 g/mol. The molecule has 0 radical (unpaired) electrons. The van der Waals surface area contributed by atoms with Crippen LogP contribution in [0.3, 0.4) is 0 Å². The number of hydrogen-bond acceptors (Lipinski definition) is 5. The number of benzene rings is 3. The molecule has 1 aromatic heterocycles. The third-order valence-electron chi connectivity index (χ3n) is 7.19. The maximum absolute atomic E-state index is 12.4. The number of phenolic OH excluding ortho intramolecular Hbond substituents is 1. The molecular weight excluding hydrogens is 494 g/mol. The molecular formula is C31H33N3O5. The number of phenols is 1. The average Bonchev–Trinajstić information content (AvgIpc) is 2.85. The Balaban J connectivity index is 1.99. The van der Waals surface area contributed by atoms with Gasteiger partial charge < -0.3 is 15.3 Å². The number of aromatic hydroxyl groups is 1. The van der Waals surface area contributed by atoms with Gasteiger partial charge in [0.05, 0.1) is 22.4 Å². The highest BCUT2D eigenvalue weighted by atomic mass is 16.4. The second kappa shape index (κ2) is 9.69. The number of imide groups is 1. The van der Waals surface area contributed by atoms with Gasteiger partial charge in [0, 0.05) is 11.1 Å². The number of amides is 2. The summed E-state index contributed by atoms with van der Waals surface area (Å²) in [7, 11) is 0. The molecule has 0 unspecified atom stereocenters. The Labute approximate surface area is 227 Å². The lowest BCUT2D eigenvalue weighted by atomic mass is 9.56. The lowest BCUT2D eigenvalue weighted by Crippen LogP contribution is -2.64. The zero-order valence-electron chi connectivity index (χ0n) is 22.9. The van der Waals surface area contributed by atoms with E-state index >= 15 is 0 Å². The fourth-order valence-corrected chi connectivity index (χ4v) is 6.09. The Hall–Kier alpha value is -4.46. The first-order valence-electron chi connectivity index (χ1n) is 12.6. The van der Waals surface area contributed by atoms with Gasteiger partial charge in [-0.25, -0.2) is 24.5 Å². The van der Waals surface area contributed by atoms with Crippen LogP contribution in [-0.4, -0.2) is 42.4 Å². The van der Waals surface area contributed by atoms with E-state index in [4.69, 9.17) is 9.97 Å². The first kappa shape index (κ1) is 27.6. The van der Waals surface area contributed by atoms with E-state index in [0.717, 1.165) is 5.56 Å². The number of nitrogens with zero attached hydrogens (tertiary/aromatic N) is 3. The molecule has 3 N–H and O–H groups in total.